The van der Waals surface area contributed by atoms with Crippen LogP contribution in [0.1, 0.15) is 12.6 Å². The SMILES string of the molecule is CCOc1ccc(C(F)(F)F)nc1Br. The van der Waals surface area contributed by atoms with Crippen molar-refractivity contribution in [3.63, 3.8) is 0 Å². The van der Waals surface area contributed by atoms with Crippen LogP contribution in [0.5, 0.6) is 5.75 Å². The summed E-state index contributed by atoms with van der Waals surface area (Å²) in [5.41, 5.74) is -0.937. The van der Waals surface area contributed by atoms with Gasteiger partial charge in [0.05, 0.1) is 6.61 Å². The van der Waals surface area contributed by atoms with Crippen LogP contribution in [0.15, 0.2) is 16.7 Å². The summed E-state index contributed by atoms with van der Waals surface area (Å²) in [7, 11) is 0. The molecule has 0 spiro atoms. The number of halogens is 4. The Morgan fingerprint density at radius 2 is 2.07 bits per heavy atom. The van der Waals surface area contributed by atoms with E-state index in [0.29, 0.717) is 12.4 Å². The maximum absolute atomic E-state index is 12.2. The first-order valence-electron chi connectivity index (χ1n) is 3.81. The van der Waals surface area contributed by atoms with Crippen LogP contribution in [0, 0.1) is 0 Å². The van der Waals surface area contributed by atoms with Crippen LogP contribution < -0.4 is 4.74 Å². The Kier molecular flexibility index (Phi) is 3.36. The zero-order valence-electron chi connectivity index (χ0n) is 7.23. The molecule has 0 radical (unpaired) electrons. The minimum atomic E-state index is -4.42. The van der Waals surface area contributed by atoms with Gasteiger partial charge < -0.3 is 4.74 Å². The lowest BCUT2D eigenvalue weighted by Gasteiger charge is -2.08. The normalized spacial score (nSPS) is 11.5. The number of nitrogens with zero attached hydrogens (tertiary/aromatic N) is 1. The van der Waals surface area contributed by atoms with Crippen LogP contribution in [-0.2, 0) is 6.18 Å². The van der Waals surface area contributed by atoms with Crippen molar-refractivity contribution in [3.05, 3.63) is 22.4 Å². The molecule has 6 heteroatoms. The third-order valence-electron chi connectivity index (χ3n) is 1.40. The quantitative estimate of drug-likeness (QED) is 0.769. The molecule has 0 bridgehead atoms. The van der Waals surface area contributed by atoms with E-state index < -0.39 is 11.9 Å². The lowest BCUT2D eigenvalue weighted by Crippen LogP contribution is -2.08. The fourth-order valence-corrected chi connectivity index (χ4v) is 1.28. The zero-order valence-corrected chi connectivity index (χ0v) is 8.82. The number of hydrogen-bond donors (Lipinski definition) is 0. The van der Waals surface area contributed by atoms with Crippen LogP contribution in [0.4, 0.5) is 13.2 Å². The van der Waals surface area contributed by atoms with Crippen LogP contribution in [0.2, 0.25) is 0 Å². The Bertz CT molecular complexity index is 327. The fourth-order valence-electron chi connectivity index (χ4n) is 0.843. The van der Waals surface area contributed by atoms with Crippen molar-refractivity contribution in [2.24, 2.45) is 0 Å². The van der Waals surface area contributed by atoms with E-state index in [-0.39, 0.29) is 4.60 Å². The topological polar surface area (TPSA) is 22.1 Å². The second kappa shape index (κ2) is 4.16. The summed E-state index contributed by atoms with van der Waals surface area (Å²) in [6.07, 6.45) is -4.42. The maximum atomic E-state index is 12.2. The molecule has 0 aromatic carbocycles. The molecule has 2 nitrogen and oxygen atoms in total. The molecule has 0 N–H and O–H groups in total. The highest BCUT2D eigenvalue weighted by atomic mass is 79.9. The number of hydrogen-bond acceptors (Lipinski definition) is 2. The third-order valence-corrected chi connectivity index (χ3v) is 1.97. The molecule has 0 saturated carbocycles. The van der Waals surface area contributed by atoms with Crippen LogP contribution in [0.3, 0.4) is 0 Å². The molecular formula is C8H7BrF3NO. The first-order chi connectivity index (χ1) is 6.45. The van der Waals surface area contributed by atoms with Gasteiger partial charge in [-0.05, 0) is 35.0 Å². The van der Waals surface area contributed by atoms with E-state index >= 15 is 0 Å². The number of alkyl halides is 3. The Morgan fingerprint density at radius 1 is 1.43 bits per heavy atom. The van der Waals surface area contributed by atoms with Gasteiger partial charge in [-0.25, -0.2) is 4.98 Å². The third kappa shape index (κ3) is 2.60. The van der Waals surface area contributed by atoms with E-state index in [4.69, 9.17) is 4.74 Å². The van der Waals surface area contributed by atoms with Crippen molar-refractivity contribution in [2.45, 2.75) is 13.1 Å². The summed E-state index contributed by atoms with van der Waals surface area (Å²) >= 11 is 2.90. The van der Waals surface area contributed by atoms with Gasteiger partial charge in [-0.2, -0.15) is 13.2 Å². The standard InChI is InChI=1S/C8H7BrF3NO/c1-2-14-5-3-4-6(8(10,11)12)13-7(5)9/h3-4H,2H2,1H3. The number of ether oxygens (including phenoxy) is 1. The van der Waals surface area contributed by atoms with E-state index in [1.165, 1.54) is 6.07 Å². The van der Waals surface area contributed by atoms with Gasteiger partial charge in [0.1, 0.15) is 10.3 Å². The van der Waals surface area contributed by atoms with Crippen LogP contribution in [-0.4, -0.2) is 11.6 Å². The Labute approximate surface area is 87.2 Å². The highest BCUT2D eigenvalue weighted by molar-refractivity contribution is 9.10. The van der Waals surface area contributed by atoms with Gasteiger partial charge in [0.15, 0.2) is 5.75 Å². The summed E-state index contributed by atoms with van der Waals surface area (Å²) < 4.78 is 41.6. The van der Waals surface area contributed by atoms with E-state index in [1.54, 1.807) is 6.92 Å². The van der Waals surface area contributed by atoms with Crippen molar-refractivity contribution in [2.75, 3.05) is 6.61 Å². The van der Waals surface area contributed by atoms with Gasteiger partial charge in [0, 0.05) is 0 Å². The van der Waals surface area contributed by atoms with E-state index in [9.17, 15) is 13.2 Å². The van der Waals surface area contributed by atoms with Crippen LogP contribution >= 0.6 is 15.9 Å². The second-order valence-electron chi connectivity index (χ2n) is 2.42. The maximum Gasteiger partial charge on any atom is 0.433 e. The Morgan fingerprint density at radius 3 is 2.50 bits per heavy atom. The van der Waals surface area contributed by atoms with Gasteiger partial charge in [0.25, 0.3) is 0 Å². The molecule has 0 amide bonds. The van der Waals surface area contributed by atoms with Crippen molar-refractivity contribution in [1.82, 2.24) is 4.98 Å². The molecular weight excluding hydrogens is 263 g/mol. The molecule has 78 valence electrons. The van der Waals surface area contributed by atoms with Crippen molar-refractivity contribution in [3.8, 4) is 5.75 Å². The van der Waals surface area contributed by atoms with Gasteiger partial charge in [-0.3, -0.25) is 0 Å². The lowest BCUT2D eigenvalue weighted by atomic mass is 10.3. The highest BCUT2D eigenvalue weighted by Crippen LogP contribution is 2.31. The van der Waals surface area contributed by atoms with Gasteiger partial charge >= 0.3 is 6.18 Å². The number of rotatable bonds is 2. The molecule has 0 aliphatic carbocycles. The van der Waals surface area contributed by atoms with Crippen molar-refractivity contribution in [1.29, 1.82) is 0 Å². The average Bonchev–Trinajstić information content (AvgIpc) is 2.07. The summed E-state index contributed by atoms with van der Waals surface area (Å²) in [6.45, 7) is 2.12. The monoisotopic (exact) mass is 269 g/mol. The molecule has 1 rings (SSSR count). The van der Waals surface area contributed by atoms with Gasteiger partial charge in [0.2, 0.25) is 0 Å². The first kappa shape index (κ1) is 11.3. The summed E-state index contributed by atoms with van der Waals surface area (Å²) in [5, 5.41) is 0. The molecule has 0 saturated heterocycles. The van der Waals surface area contributed by atoms with Crippen LogP contribution in [0.25, 0.3) is 0 Å². The summed E-state index contributed by atoms with van der Waals surface area (Å²) in [4.78, 5) is 3.33. The molecule has 0 atom stereocenters. The molecule has 14 heavy (non-hydrogen) atoms. The molecule has 0 fully saturated rings. The Hall–Kier alpha value is -0.780. The largest absolute Gasteiger partial charge is 0.491 e. The molecule has 1 aromatic rings. The lowest BCUT2D eigenvalue weighted by molar-refractivity contribution is -0.141. The summed E-state index contributed by atoms with van der Waals surface area (Å²) in [5.74, 6) is 0.306. The number of aromatic nitrogens is 1. The van der Waals surface area contributed by atoms with E-state index in [2.05, 4.69) is 20.9 Å². The second-order valence-corrected chi connectivity index (χ2v) is 3.17. The van der Waals surface area contributed by atoms with E-state index in [0.717, 1.165) is 6.07 Å². The van der Waals surface area contributed by atoms with Gasteiger partial charge in [-0.1, -0.05) is 0 Å². The van der Waals surface area contributed by atoms with Crippen molar-refractivity contribution < 1.29 is 17.9 Å². The molecule has 0 aliphatic heterocycles. The molecule has 1 heterocycles. The molecule has 0 aliphatic rings. The van der Waals surface area contributed by atoms with Gasteiger partial charge in [-0.15, -0.1) is 0 Å². The fraction of sp³-hybridized carbons (Fsp3) is 0.375. The smallest absolute Gasteiger partial charge is 0.433 e. The average molecular weight is 270 g/mol. The predicted octanol–water partition coefficient (Wildman–Crippen LogP) is 3.26. The number of pyridine rings is 1. The molecule has 1 aromatic heterocycles. The summed E-state index contributed by atoms with van der Waals surface area (Å²) in [6, 6.07) is 2.12. The Balaban J connectivity index is 3.01. The highest BCUT2D eigenvalue weighted by Gasteiger charge is 2.32. The first-order valence-corrected chi connectivity index (χ1v) is 4.61. The van der Waals surface area contributed by atoms with E-state index in [1.807, 2.05) is 0 Å². The molecule has 0 unspecified atom stereocenters. The zero-order chi connectivity index (χ0) is 10.8. The predicted molar refractivity (Wildman–Crippen MR) is 48.1 cm³/mol. The minimum absolute atomic E-state index is 0.0641. The minimum Gasteiger partial charge on any atom is -0.491 e. The van der Waals surface area contributed by atoms with Crippen molar-refractivity contribution >= 4 is 15.9 Å².